The van der Waals surface area contributed by atoms with Crippen molar-refractivity contribution in [2.45, 2.75) is 50.4 Å². The van der Waals surface area contributed by atoms with Gasteiger partial charge >= 0.3 is 0 Å². The molecule has 1 amide bonds. The number of aliphatic hydroxyl groups is 2. The molecule has 5 rings (SSSR count). The summed E-state index contributed by atoms with van der Waals surface area (Å²) in [6.45, 7) is 2.87. The summed E-state index contributed by atoms with van der Waals surface area (Å²) in [5.41, 5.74) is 3.68. The maximum absolute atomic E-state index is 15.0. The van der Waals surface area contributed by atoms with Crippen molar-refractivity contribution in [1.82, 2.24) is 4.90 Å². The van der Waals surface area contributed by atoms with Gasteiger partial charge in [-0.1, -0.05) is 24.3 Å². The lowest BCUT2D eigenvalue weighted by atomic mass is 9.82. The zero-order valence-electron chi connectivity index (χ0n) is 18.5. The molecule has 1 atom stereocenters. The number of β-amino-alcohol motifs (C(OH)–C–C–N with tert-alkyl or cyclic N) is 1. The van der Waals surface area contributed by atoms with Crippen LogP contribution in [0.3, 0.4) is 0 Å². The number of aliphatic hydroxyl groups excluding tert-OH is 1. The molecule has 178 valence electrons. The largest absolute Gasteiger partial charge is 0.387 e. The highest BCUT2D eigenvalue weighted by Gasteiger charge is 2.35. The molecule has 3 aliphatic heterocycles. The fourth-order valence-electron chi connectivity index (χ4n) is 5.10. The highest BCUT2D eigenvalue weighted by Crippen LogP contribution is 2.36. The van der Waals surface area contributed by atoms with Crippen molar-refractivity contribution in [2.75, 3.05) is 31.6 Å². The van der Waals surface area contributed by atoms with Gasteiger partial charge in [0.25, 0.3) is 0 Å². The van der Waals surface area contributed by atoms with Gasteiger partial charge in [-0.15, -0.1) is 12.4 Å². The Hall–Kier alpha value is -2.03. The molecule has 33 heavy (non-hydrogen) atoms. The van der Waals surface area contributed by atoms with Gasteiger partial charge in [0, 0.05) is 42.9 Å². The number of halogens is 2. The highest BCUT2D eigenvalue weighted by molar-refractivity contribution is 5.94. The number of carbonyl (C=O) groups is 1. The molecule has 0 radical (unpaired) electrons. The Kier molecular flexibility index (Phi) is 7.07. The lowest BCUT2D eigenvalue weighted by Crippen LogP contribution is -2.44. The molecule has 1 fully saturated rings. The Balaban J connectivity index is 0.00000259. The van der Waals surface area contributed by atoms with Crippen LogP contribution in [0.2, 0.25) is 0 Å². The molecule has 3 heterocycles. The Bertz CT molecular complexity index is 1040. The summed E-state index contributed by atoms with van der Waals surface area (Å²) in [5.74, 6) is -0.544. The first-order valence-corrected chi connectivity index (χ1v) is 11.4. The minimum absolute atomic E-state index is 0. The van der Waals surface area contributed by atoms with E-state index in [-0.39, 0.29) is 30.3 Å². The van der Waals surface area contributed by atoms with Crippen molar-refractivity contribution in [2.24, 2.45) is 0 Å². The van der Waals surface area contributed by atoms with E-state index in [4.69, 9.17) is 4.74 Å². The van der Waals surface area contributed by atoms with Crippen LogP contribution in [-0.4, -0.2) is 47.3 Å². The molecule has 6 nitrogen and oxygen atoms in total. The normalized spacial score (nSPS) is 20.8. The molecular formula is C25H30ClFN2O4. The van der Waals surface area contributed by atoms with Gasteiger partial charge in [0.05, 0.1) is 24.9 Å². The molecular weight excluding hydrogens is 447 g/mol. The van der Waals surface area contributed by atoms with Crippen LogP contribution in [0.5, 0.6) is 0 Å². The standard InChI is InChI=1S/C25H29FN2O4.ClH/c26-24-19-4-6-23(30)27-21(19)5-3-20(24)22(29)14-28-10-8-25(31,9-11-28)18-2-1-16-7-12-32-15-17(16)13-18;/h1-3,5,13,22,29,31H,4,6-12,14-15H2,(H,27,30);1H. The van der Waals surface area contributed by atoms with Gasteiger partial charge in [-0.3, -0.25) is 4.79 Å². The predicted molar refractivity (Wildman–Crippen MR) is 125 cm³/mol. The van der Waals surface area contributed by atoms with E-state index < -0.39 is 17.5 Å². The van der Waals surface area contributed by atoms with E-state index in [1.165, 1.54) is 5.56 Å². The summed E-state index contributed by atoms with van der Waals surface area (Å²) in [7, 11) is 0. The predicted octanol–water partition coefficient (Wildman–Crippen LogP) is 3.22. The number of hydrogen-bond donors (Lipinski definition) is 3. The van der Waals surface area contributed by atoms with Crippen molar-refractivity contribution in [3.63, 3.8) is 0 Å². The van der Waals surface area contributed by atoms with Gasteiger partial charge in [0.15, 0.2) is 0 Å². The number of nitrogens with zero attached hydrogens (tertiary/aromatic N) is 1. The fraction of sp³-hybridized carbons (Fsp3) is 0.480. The second-order valence-electron chi connectivity index (χ2n) is 9.18. The van der Waals surface area contributed by atoms with Crippen LogP contribution < -0.4 is 5.32 Å². The summed E-state index contributed by atoms with van der Waals surface area (Å²) in [4.78, 5) is 13.6. The van der Waals surface area contributed by atoms with Crippen LogP contribution >= 0.6 is 12.4 Å². The molecule has 0 bridgehead atoms. The van der Waals surface area contributed by atoms with Crippen LogP contribution in [-0.2, 0) is 34.6 Å². The number of amides is 1. The number of ether oxygens (including phenoxy) is 1. The topological polar surface area (TPSA) is 82.0 Å². The summed E-state index contributed by atoms with van der Waals surface area (Å²) in [6.07, 6.45) is 1.64. The number of likely N-dealkylation sites (tertiary alicyclic amines) is 1. The average Bonchev–Trinajstić information content (AvgIpc) is 2.80. The van der Waals surface area contributed by atoms with Gasteiger partial charge in [-0.25, -0.2) is 4.39 Å². The molecule has 2 aromatic carbocycles. The van der Waals surface area contributed by atoms with E-state index in [1.807, 2.05) is 6.07 Å². The average molecular weight is 477 g/mol. The van der Waals surface area contributed by atoms with Gasteiger partial charge in [0.1, 0.15) is 5.82 Å². The third-order valence-electron chi connectivity index (χ3n) is 7.14. The van der Waals surface area contributed by atoms with Gasteiger partial charge in [-0.05, 0) is 48.4 Å². The molecule has 1 unspecified atom stereocenters. The number of fused-ring (bicyclic) bond motifs is 2. The fourth-order valence-corrected chi connectivity index (χ4v) is 5.10. The first-order valence-electron chi connectivity index (χ1n) is 11.4. The SMILES string of the molecule is Cl.O=C1CCc2c(ccc(C(O)CN3CCC(O)(c4ccc5c(c4)COCC5)CC3)c2F)N1. The number of piperidine rings is 1. The zero-order chi connectivity index (χ0) is 22.3. The van der Waals surface area contributed by atoms with Gasteiger partial charge in [-0.2, -0.15) is 0 Å². The second-order valence-corrected chi connectivity index (χ2v) is 9.18. The van der Waals surface area contributed by atoms with Crippen molar-refractivity contribution >= 4 is 24.0 Å². The summed E-state index contributed by atoms with van der Waals surface area (Å²) in [6, 6.07) is 9.42. The van der Waals surface area contributed by atoms with Crippen LogP contribution in [0.4, 0.5) is 10.1 Å². The minimum Gasteiger partial charge on any atom is -0.387 e. The van der Waals surface area contributed by atoms with E-state index in [9.17, 15) is 19.4 Å². The summed E-state index contributed by atoms with van der Waals surface area (Å²) >= 11 is 0. The maximum atomic E-state index is 15.0. The zero-order valence-corrected chi connectivity index (χ0v) is 19.3. The molecule has 0 aromatic heterocycles. The summed E-state index contributed by atoms with van der Waals surface area (Å²) < 4.78 is 20.5. The van der Waals surface area contributed by atoms with Crippen molar-refractivity contribution in [1.29, 1.82) is 0 Å². The smallest absolute Gasteiger partial charge is 0.224 e. The Morgan fingerprint density at radius 3 is 2.70 bits per heavy atom. The second kappa shape index (κ2) is 9.68. The van der Waals surface area contributed by atoms with E-state index in [1.54, 1.807) is 12.1 Å². The van der Waals surface area contributed by atoms with E-state index in [0.29, 0.717) is 56.8 Å². The number of hydrogen-bond acceptors (Lipinski definition) is 5. The number of benzene rings is 2. The molecule has 0 saturated carbocycles. The van der Waals surface area contributed by atoms with Crippen molar-refractivity contribution in [3.05, 3.63) is 64.0 Å². The maximum Gasteiger partial charge on any atom is 0.224 e. The number of anilines is 1. The molecule has 8 heteroatoms. The molecule has 3 aliphatic rings. The minimum atomic E-state index is -0.968. The van der Waals surface area contributed by atoms with Crippen LogP contribution in [0.25, 0.3) is 0 Å². The number of carbonyl (C=O) groups excluding carboxylic acids is 1. The van der Waals surface area contributed by atoms with E-state index in [0.717, 1.165) is 24.2 Å². The molecule has 0 spiro atoms. The van der Waals surface area contributed by atoms with Crippen molar-refractivity contribution < 1.29 is 24.1 Å². The van der Waals surface area contributed by atoms with Gasteiger partial charge in [0.2, 0.25) is 5.91 Å². The first kappa shape index (κ1) is 24.1. The third kappa shape index (κ3) is 4.79. The Morgan fingerprint density at radius 1 is 1.12 bits per heavy atom. The molecule has 2 aromatic rings. The quantitative estimate of drug-likeness (QED) is 0.631. The molecule has 3 N–H and O–H groups in total. The Morgan fingerprint density at radius 2 is 1.91 bits per heavy atom. The van der Waals surface area contributed by atoms with E-state index in [2.05, 4.69) is 22.3 Å². The van der Waals surface area contributed by atoms with Crippen LogP contribution in [0, 0.1) is 5.82 Å². The monoisotopic (exact) mass is 476 g/mol. The molecule has 0 aliphatic carbocycles. The van der Waals surface area contributed by atoms with Crippen LogP contribution in [0.15, 0.2) is 30.3 Å². The van der Waals surface area contributed by atoms with E-state index >= 15 is 0 Å². The summed E-state index contributed by atoms with van der Waals surface area (Å²) in [5, 5.41) is 24.7. The lowest BCUT2D eigenvalue weighted by molar-refractivity contribution is -0.116. The molecule has 1 saturated heterocycles. The Labute approximate surface area is 199 Å². The first-order chi connectivity index (χ1) is 15.4. The number of rotatable bonds is 4. The van der Waals surface area contributed by atoms with Crippen molar-refractivity contribution in [3.8, 4) is 0 Å². The van der Waals surface area contributed by atoms with Gasteiger partial charge < -0.3 is 25.2 Å². The number of nitrogens with one attached hydrogen (secondary N) is 1. The van der Waals surface area contributed by atoms with Crippen LogP contribution in [0.1, 0.15) is 53.2 Å². The highest BCUT2D eigenvalue weighted by atomic mass is 35.5. The third-order valence-corrected chi connectivity index (χ3v) is 7.14. The lowest BCUT2D eigenvalue weighted by Gasteiger charge is -2.39.